The first-order chi connectivity index (χ1) is 13.5. The van der Waals surface area contributed by atoms with Crippen molar-refractivity contribution < 1.29 is 14.9 Å². The maximum atomic E-state index is 9.66. The number of aliphatic hydroxyl groups excluding tert-OH is 2. The minimum Gasteiger partial charge on any atom is -0.493 e. The number of aromatic nitrogens is 3. The second kappa shape index (κ2) is 8.83. The number of hydrogen-bond acceptors (Lipinski definition) is 8. The van der Waals surface area contributed by atoms with Gasteiger partial charge in [-0.25, -0.2) is 0 Å². The van der Waals surface area contributed by atoms with Crippen molar-refractivity contribution in [3.8, 4) is 17.1 Å². The van der Waals surface area contributed by atoms with Crippen molar-refractivity contribution in [2.45, 2.75) is 13.0 Å². The van der Waals surface area contributed by atoms with Gasteiger partial charge in [0.2, 0.25) is 11.9 Å². The van der Waals surface area contributed by atoms with E-state index in [2.05, 4.69) is 20.3 Å². The quantitative estimate of drug-likeness (QED) is 0.476. The molecule has 2 aromatic carbocycles. The van der Waals surface area contributed by atoms with Crippen LogP contribution in [-0.4, -0.2) is 38.4 Å². The Morgan fingerprint density at radius 2 is 1.89 bits per heavy atom. The molecule has 5 N–H and O–H groups in total. The number of anilines is 3. The summed E-state index contributed by atoms with van der Waals surface area (Å²) in [5.74, 6) is 1.21. The van der Waals surface area contributed by atoms with Crippen LogP contribution >= 0.6 is 11.6 Å². The van der Waals surface area contributed by atoms with E-state index in [4.69, 9.17) is 27.2 Å². The standard InChI is InChI=1S/C19H20ClN5O3/c1-2-28-16-8-5-12(20)9-14(16)17-23-18(21)25-19(24-17)22-13-6-3-11(4-7-13)15(27)10-26/h3-9,15,26-27H,2,10H2,1H3,(H3,21,22,23,24,25)/t15-/m1/s1. The van der Waals surface area contributed by atoms with E-state index in [1.807, 2.05) is 6.92 Å². The normalized spacial score (nSPS) is 11.9. The van der Waals surface area contributed by atoms with Gasteiger partial charge in [-0.1, -0.05) is 23.7 Å². The summed E-state index contributed by atoms with van der Waals surface area (Å²) in [4.78, 5) is 12.7. The Bertz CT molecular complexity index is 953. The lowest BCUT2D eigenvalue weighted by atomic mass is 10.1. The van der Waals surface area contributed by atoms with Crippen molar-refractivity contribution in [1.82, 2.24) is 15.0 Å². The van der Waals surface area contributed by atoms with Gasteiger partial charge in [0, 0.05) is 10.7 Å². The van der Waals surface area contributed by atoms with Crippen LogP contribution in [0.2, 0.25) is 5.02 Å². The Hall–Kier alpha value is -2.94. The molecule has 0 saturated heterocycles. The molecule has 146 valence electrons. The summed E-state index contributed by atoms with van der Waals surface area (Å²) in [6.45, 7) is 2.01. The summed E-state index contributed by atoms with van der Waals surface area (Å²) in [6, 6.07) is 12.0. The average molecular weight is 402 g/mol. The smallest absolute Gasteiger partial charge is 0.232 e. The van der Waals surface area contributed by atoms with Crippen molar-refractivity contribution in [3.05, 3.63) is 53.1 Å². The molecule has 0 aliphatic carbocycles. The average Bonchev–Trinajstić information content (AvgIpc) is 2.69. The van der Waals surface area contributed by atoms with Gasteiger partial charge in [0.25, 0.3) is 0 Å². The number of benzene rings is 2. The predicted octanol–water partition coefficient (Wildman–Crippen LogP) is 2.94. The minimum atomic E-state index is -0.923. The number of halogens is 1. The van der Waals surface area contributed by atoms with E-state index in [1.54, 1.807) is 42.5 Å². The van der Waals surface area contributed by atoms with Gasteiger partial charge in [-0.3, -0.25) is 0 Å². The molecule has 0 bridgehead atoms. The van der Waals surface area contributed by atoms with E-state index >= 15 is 0 Å². The SMILES string of the molecule is CCOc1ccc(Cl)cc1-c1nc(N)nc(Nc2ccc([C@H](O)CO)cc2)n1. The number of nitrogens with two attached hydrogens (primary N) is 1. The number of ether oxygens (including phenoxy) is 1. The lowest BCUT2D eigenvalue weighted by Crippen LogP contribution is -2.06. The third-order valence-electron chi connectivity index (χ3n) is 3.86. The van der Waals surface area contributed by atoms with Crippen LogP contribution in [0.4, 0.5) is 17.6 Å². The van der Waals surface area contributed by atoms with Crippen molar-refractivity contribution in [2.24, 2.45) is 0 Å². The molecular formula is C19H20ClN5O3. The largest absolute Gasteiger partial charge is 0.493 e. The van der Waals surface area contributed by atoms with E-state index in [9.17, 15) is 5.11 Å². The maximum absolute atomic E-state index is 9.66. The molecule has 0 saturated carbocycles. The second-order valence-corrected chi connectivity index (χ2v) is 6.30. The highest BCUT2D eigenvalue weighted by molar-refractivity contribution is 6.30. The molecular weight excluding hydrogens is 382 g/mol. The molecule has 9 heteroatoms. The molecule has 1 aromatic heterocycles. The molecule has 3 rings (SSSR count). The number of nitrogens with one attached hydrogen (secondary N) is 1. The minimum absolute atomic E-state index is 0.0437. The third-order valence-corrected chi connectivity index (χ3v) is 4.09. The molecule has 0 radical (unpaired) electrons. The molecule has 28 heavy (non-hydrogen) atoms. The van der Waals surface area contributed by atoms with Crippen molar-refractivity contribution in [3.63, 3.8) is 0 Å². The first-order valence-corrected chi connectivity index (χ1v) is 8.98. The Labute approximate surface area is 167 Å². The monoisotopic (exact) mass is 401 g/mol. The molecule has 0 spiro atoms. The highest BCUT2D eigenvalue weighted by Crippen LogP contribution is 2.31. The predicted molar refractivity (Wildman–Crippen MR) is 108 cm³/mol. The third kappa shape index (κ3) is 4.66. The number of rotatable bonds is 7. The van der Waals surface area contributed by atoms with Gasteiger partial charge in [-0.15, -0.1) is 0 Å². The van der Waals surface area contributed by atoms with Crippen LogP contribution in [-0.2, 0) is 0 Å². The fourth-order valence-corrected chi connectivity index (χ4v) is 2.72. The lowest BCUT2D eigenvalue weighted by molar-refractivity contribution is 0.0956. The summed E-state index contributed by atoms with van der Waals surface area (Å²) < 4.78 is 5.63. The van der Waals surface area contributed by atoms with Gasteiger partial charge in [-0.2, -0.15) is 15.0 Å². The van der Waals surface area contributed by atoms with Gasteiger partial charge in [-0.05, 0) is 42.8 Å². The topological polar surface area (TPSA) is 126 Å². The van der Waals surface area contributed by atoms with E-state index in [1.165, 1.54) is 0 Å². The van der Waals surface area contributed by atoms with E-state index in [0.29, 0.717) is 40.0 Å². The molecule has 1 atom stereocenters. The van der Waals surface area contributed by atoms with Gasteiger partial charge in [0.05, 0.1) is 18.8 Å². The zero-order valence-electron chi connectivity index (χ0n) is 15.1. The number of aliphatic hydroxyl groups is 2. The number of nitrogen functional groups attached to an aromatic ring is 1. The van der Waals surface area contributed by atoms with Crippen LogP contribution in [0.25, 0.3) is 11.4 Å². The molecule has 0 aliphatic heterocycles. The first-order valence-electron chi connectivity index (χ1n) is 8.60. The van der Waals surface area contributed by atoms with Crippen molar-refractivity contribution in [1.29, 1.82) is 0 Å². The summed E-state index contributed by atoms with van der Waals surface area (Å²) in [6.07, 6.45) is -0.923. The van der Waals surface area contributed by atoms with Crippen LogP contribution < -0.4 is 15.8 Å². The lowest BCUT2D eigenvalue weighted by Gasteiger charge is -2.12. The molecule has 0 unspecified atom stereocenters. The van der Waals surface area contributed by atoms with Crippen LogP contribution in [0.15, 0.2) is 42.5 Å². The maximum Gasteiger partial charge on any atom is 0.232 e. The van der Waals surface area contributed by atoms with Crippen molar-refractivity contribution >= 4 is 29.2 Å². The highest BCUT2D eigenvalue weighted by Gasteiger charge is 2.14. The van der Waals surface area contributed by atoms with Gasteiger partial charge in [0.15, 0.2) is 5.82 Å². The Balaban J connectivity index is 1.91. The zero-order valence-corrected chi connectivity index (χ0v) is 15.9. The van der Waals surface area contributed by atoms with Crippen LogP contribution in [0, 0.1) is 0 Å². The molecule has 1 heterocycles. The Morgan fingerprint density at radius 3 is 2.57 bits per heavy atom. The second-order valence-electron chi connectivity index (χ2n) is 5.86. The number of nitrogens with zero attached hydrogens (tertiary/aromatic N) is 3. The fourth-order valence-electron chi connectivity index (χ4n) is 2.55. The van der Waals surface area contributed by atoms with Gasteiger partial charge < -0.3 is 26.0 Å². The van der Waals surface area contributed by atoms with Crippen LogP contribution in [0.3, 0.4) is 0 Å². The van der Waals surface area contributed by atoms with E-state index in [0.717, 1.165) is 0 Å². The molecule has 0 amide bonds. The van der Waals surface area contributed by atoms with E-state index < -0.39 is 6.10 Å². The number of hydrogen-bond donors (Lipinski definition) is 4. The first kappa shape index (κ1) is 19.8. The van der Waals surface area contributed by atoms with Gasteiger partial charge >= 0.3 is 0 Å². The molecule has 8 nitrogen and oxygen atoms in total. The zero-order chi connectivity index (χ0) is 20.1. The molecule has 0 aliphatic rings. The van der Waals surface area contributed by atoms with Crippen LogP contribution in [0.1, 0.15) is 18.6 Å². The summed E-state index contributed by atoms with van der Waals surface area (Å²) in [5, 5.41) is 22.2. The summed E-state index contributed by atoms with van der Waals surface area (Å²) in [5.41, 5.74) is 7.75. The fraction of sp³-hybridized carbons (Fsp3) is 0.211. The van der Waals surface area contributed by atoms with Crippen molar-refractivity contribution in [2.75, 3.05) is 24.3 Å². The van der Waals surface area contributed by atoms with E-state index in [-0.39, 0.29) is 18.5 Å². The summed E-state index contributed by atoms with van der Waals surface area (Å²) >= 11 is 6.12. The molecule has 3 aromatic rings. The Kier molecular flexibility index (Phi) is 6.25. The van der Waals surface area contributed by atoms with Gasteiger partial charge in [0.1, 0.15) is 11.9 Å². The summed E-state index contributed by atoms with van der Waals surface area (Å²) in [7, 11) is 0. The highest BCUT2D eigenvalue weighted by atomic mass is 35.5. The molecule has 0 fully saturated rings. The Morgan fingerprint density at radius 1 is 1.14 bits per heavy atom. The van der Waals surface area contributed by atoms with Crippen LogP contribution in [0.5, 0.6) is 5.75 Å².